The molecular weight excluding hydrogens is 236 g/mol. The first-order valence-electron chi connectivity index (χ1n) is 7.09. The second kappa shape index (κ2) is 5.47. The molecule has 2 rings (SSSR count). The quantitative estimate of drug-likeness (QED) is 0.885. The molecule has 19 heavy (non-hydrogen) atoms. The van der Waals surface area contributed by atoms with Crippen LogP contribution in [-0.4, -0.2) is 41.6 Å². The molecule has 0 radical (unpaired) electrons. The van der Waals surface area contributed by atoms with Crippen molar-refractivity contribution in [3.8, 4) is 0 Å². The minimum absolute atomic E-state index is 0.0672. The standard InChI is InChI=1S/C15H26N4/c1-12(16)13-5-6-17-14(11-13)18-7-9-19(10-8-18)15(2,3)4/h5-6,11-12H,7-10,16H2,1-4H3/t12-/m0/s1. The maximum atomic E-state index is 5.94. The van der Waals surface area contributed by atoms with E-state index in [1.165, 1.54) is 0 Å². The van der Waals surface area contributed by atoms with Gasteiger partial charge in [0.1, 0.15) is 5.82 Å². The van der Waals surface area contributed by atoms with Crippen LogP contribution in [-0.2, 0) is 0 Å². The van der Waals surface area contributed by atoms with Gasteiger partial charge in [0.25, 0.3) is 0 Å². The lowest BCUT2D eigenvalue weighted by Gasteiger charge is -2.42. The number of nitrogens with zero attached hydrogens (tertiary/aromatic N) is 3. The van der Waals surface area contributed by atoms with Crippen LogP contribution in [0.2, 0.25) is 0 Å². The largest absolute Gasteiger partial charge is 0.354 e. The highest BCUT2D eigenvalue weighted by atomic mass is 15.3. The van der Waals surface area contributed by atoms with E-state index in [9.17, 15) is 0 Å². The molecule has 0 amide bonds. The Morgan fingerprint density at radius 1 is 1.21 bits per heavy atom. The summed E-state index contributed by atoms with van der Waals surface area (Å²) in [5, 5.41) is 0. The number of aromatic nitrogens is 1. The Balaban J connectivity index is 2.03. The molecule has 0 spiro atoms. The van der Waals surface area contributed by atoms with E-state index in [-0.39, 0.29) is 11.6 Å². The molecule has 4 nitrogen and oxygen atoms in total. The van der Waals surface area contributed by atoms with Crippen LogP contribution in [0, 0.1) is 0 Å². The average Bonchev–Trinajstić information content (AvgIpc) is 2.38. The van der Waals surface area contributed by atoms with Crippen LogP contribution in [0.15, 0.2) is 18.3 Å². The van der Waals surface area contributed by atoms with E-state index in [4.69, 9.17) is 5.73 Å². The van der Waals surface area contributed by atoms with E-state index in [0.29, 0.717) is 0 Å². The number of pyridine rings is 1. The first-order chi connectivity index (χ1) is 8.88. The molecule has 1 aromatic heterocycles. The third-order valence-electron chi connectivity index (χ3n) is 3.85. The second-order valence-corrected chi connectivity index (χ2v) is 6.38. The number of hydrogen-bond acceptors (Lipinski definition) is 4. The summed E-state index contributed by atoms with van der Waals surface area (Å²) in [6.45, 7) is 13.1. The first kappa shape index (κ1) is 14.3. The third-order valence-corrected chi connectivity index (χ3v) is 3.85. The molecule has 1 aromatic rings. The molecule has 2 heterocycles. The van der Waals surface area contributed by atoms with Gasteiger partial charge in [0.05, 0.1) is 0 Å². The van der Waals surface area contributed by atoms with Gasteiger partial charge in [0.15, 0.2) is 0 Å². The van der Waals surface area contributed by atoms with Crippen molar-refractivity contribution in [1.29, 1.82) is 0 Å². The van der Waals surface area contributed by atoms with Crippen LogP contribution in [0.25, 0.3) is 0 Å². The molecule has 0 bridgehead atoms. The maximum absolute atomic E-state index is 5.94. The lowest BCUT2D eigenvalue weighted by molar-refractivity contribution is 0.128. The SMILES string of the molecule is C[C@H](N)c1ccnc(N2CCN(C(C)(C)C)CC2)c1. The van der Waals surface area contributed by atoms with Crippen LogP contribution < -0.4 is 10.6 Å². The fourth-order valence-corrected chi connectivity index (χ4v) is 2.50. The smallest absolute Gasteiger partial charge is 0.128 e. The minimum Gasteiger partial charge on any atom is -0.354 e. The zero-order valence-electron chi connectivity index (χ0n) is 12.6. The Morgan fingerprint density at radius 2 is 1.84 bits per heavy atom. The predicted molar refractivity (Wildman–Crippen MR) is 80.4 cm³/mol. The molecule has 1 saturated heterocycles. The lowest BCUT2D eigenvalue weighted by atomic mass is 10.0. The molecule has 4 heteroatoms. The van der Waals surface area contributed by atoms with Crippen molar-refractivity contribution in [3.63, 3.8) is 0 Å². The molecule has 106 valence electrons. The van der Waals surface area contributed by atoms with E-state index in [1.54, 1.807) is 0 Å². The maximum Gasteiger partial charge on any atom is 0.128 e. The molecule has 0 aliphatic carbocycles. The summed E-state index contributed by atoms with van der Waals surface area (Å²) in [6.07, 6.45) is 1.87. The predicted octanol–water partition coefficient (Wildman–Crippen LogP) is 2.02. The summed E-state index contributed by atoms with van der Waals surface area (Å²) >= 11 is 0. The van der Waals surface area contributed by atoms with Gasteiger partial charge in [0.2, 0.25) is 0 Å². The molecule has 1 atom stereocenters. The Bertz CT molecular complexity index is 414. The van der Waals surface area contributed by atoms with Crippen molar-refractivity contribution in [2.24, 2.45) is 5.73 Å². The van der Waals surface area contributed by atoms with Crippen molar-refractivity contribution in [1.82, 2.24) is 9.88 Å². The monoisotopic (exact) mass is 262 g/mol. The van der Waals surface area contributed by atoms with Gasteiger partial charge in [-0.05, 0) is 45.4 Å². The molecule has 1 fully saturated rings. The minimum atomic E-state index is 0.0672. The summed E-state index contributed by atoms with van der Waals surface area (Å²) in [6, 6.07) is 4.19. The zero-order valence-corrected chi connectivity index (χ0v) is 12.6. The topological polar surface area (TPSA) is 45.4 Å². The highest BCUT2D eigenvalue weighted by molar-refractivity contribution is 5.42. The van der Waals surface area contributed by atoms with Gasteiger partial charge < -0.3 is 10.6 Å². The van der Waals surface area contributed by atoms with Crippen molar-refractivity contribution in [3.05, 3.63) is 23.9 Å². The summed E-state index contributed by atoms with van der Waals surface area (Å²) < 4.78 is 0. The number of anilines is 1. The van der Waals surface area contributed by atoms with E-state index in [2.05, 4.69) is 41.6 Å². The molecule has 2 N–H and O–H groups in total. The summed E-state index contributed by atoms with van der Waals surface area (Å²) in [5.74, 6) is 1.06. The summed E-state index contributed by atoms with van der Waals surface area (Å²) in [5.41, 5.74) is 7.35. The van der Waals surface area contributed by atoms with Gasteiger partial charge >= 0.3 is 0 Å². The lowest BCUT2D eigenvalue weighted by Crippen LogP contribution is -2.53. The van der Waals surface area contributed by atoms with Crippen molar-refractivity contribution in [2.45, 2.75) is 39.3 Å². The fourth-order valence-electron chi connectivity index (χ4n) is 2.50. The highest BCUT2D eigenvalue weighted by Crippen LogP contribution is 2.21. The van der Waals surface area contributed by atoms with Crippen molar-refractivity contribution >= 4 is 5.82 Å². The normalized spacial score (nSPS) is 19.5. The van der Waals surface area contributed by atoms with E-state index < -0.39 is 0 Å². The van der Waals surface area contributed by atoms with Gasteiger partial charge in [-0.25, -0.2) is 4.98 Å². The summed E-state index contributed by atoms with van der Waals surface area (Å²) in [4.78, 5) is 9.37. The zero-order chi connectivity index (χ0) is 14.0. The van der Waals surface area contributed by atoms with Crippen LogP contribution in [0.4, 0.5) is 5.82 Å². The Morgan fingerprint density at radius 3 is 2.37 bits per heavy atom. The fraction of sp³-hybridized carbons (Fsp3) is 0.667. The van der Waals surface area contributed by atoms with E-state index >= 15 is 0 Å². The second-order valence-electron chi connectivity index (χ2n) is 6.38. The van der Waals surface area contributed by atoms with Gasteiger partial charge in [-0.2, -0.15) is 0 Å². The van der Waals surface area contributed by atoms with Crippen molar-refractivity contribution in [2.75, 3.05) is 31.1 Å². The Labute approximate surface area is 116 Å². The van der Waals surface area contributed by atoms with Gasteiger partial charge in [-0.1, -0.05) is 0 Å². The molecule has 1 aliphatic rings. The van der Waals surface area contributed by atoms with Crippen LogP contribution in [0.5, 0.6) is 0 Å². The number of nitrogens with two attached hydrogens (primary N) is 1. The van der Waals surface area contributed by atoms with Crippen molar-refractivity contribution < 1.29 is 0 Å². The molecule has 0 aromatic carbocycles. The first-order valence-corrected chi connectivity index (χ1v) is 7.09. The van der Waals surface area contributed by atoms with E-state index in [0.717, 1.165) is 37.6 Å². The molecule has 0 unspecified atom stereocenters. The summed E-state index contributed by atoms with van der Waals surface area (Å²) in [7, 11) is 0. The van der Waals surface area contributed by atoms with Gasteiger partial charge in [-0.3, -0.25) is 4.90 Å². The Kier molecular flexibility index (Phi) is 4.11. The van der Waals surface area contributed by atoms with Crippen LogP contribution in [0.3, 0.4) is 0 Å². The number of piperazine rings is 1. The van der Waals surface area contributed by atoms with Gasteiger partial charge in [0, 0.05) is 44.0 Å². The molecular formula is C15H26N4. The number of rotatable bonds is 2. The van der Waals surface area contributed by atoms with E-state index in [1.807, 2.05) is 19.2 Å². The third kappa shape index (κ3) is 3.45. The van der Waals surface area contributed by atoms with Gasteiger partial charge in [-0.15, -0.1) is 0 Å². The van der Waals surface area contributed by atoms with Crippen LogP contribution >= 0.6 is 0 Å². The Hall–Kier alpha value is -1.13. The molecule has 1 aliphatic heterocycles. The highest BCUT2D eigenvalue weighted by Gasteiger charge is 2.26. The number of hydrogen-bond donors (Lipinski definition) is 1. The average molecular weight is 262 g/mol. The molecule has 0 saturated carbocycles. The van der Waals surface area contributed by atoms with Crippen LogP contribution in [0.1, 0.15) is 39.3 Å².